The predicted octanol–water partition coefficient (Wildman–Crippen LogP) is 4.09. The zero-order valence-corrected chi connectivity index (χ0v) is 23.8. The van der Waals surface area contributed by atoms with Crippen LogP contribution >= 0.6 is 0 Å². The molecule has 2 aromatic rings. The number of fused-ring (bicyclic) bond motifs is 2. The Bertz CT molecular complexity index is 1090. The molecule has 0 amide bonds. The molecule has 0 spiro atoms. The van der Waals surface area contributed by atoms with Crippen molar-refractivity contribution in [2.24, 2.45) is 0 Å². The molecule has 3 fully saturated rings. The van der Waals surface area contributed by atoms with Gasteiger partial charge in [0.2, 0.25) is 5.88 Å². The van der Waals surface area contributed by atoms with E-state index in [4.69, 9.17) is 28.5 Å². The zero-order chi connectivity index (χ0) is 25.9. The van der Waals surface area contributed by atoms with Crippen molar-refractivity contribution < 1.29 is 23.4 Å². The fraction of sp³-hybridized carbons (Fsp3) is 0.800. The van der Waals surface area contributed by atoms with Gasteiger partial charge in [0, 0.05) is 6.61 Å². The smallest absolute Gasteiger partial charge is 0.245 e. The van der Waals surface area contributed by atoms with Crippen LogP contribution in [0.25, 0.3) is 11.0 Å². The van der Waals surface area contributed by atoms with Gasteiger partial charge in [-0.05, 0) is 51.2 Å². The van der Waals surface area contributed by atoms with Gasteiger partial charge in [-0.3, -0.25) is 5.32 Å². The topological polar surface area (TPSA) is 102 Å². The molecule has 0 bridgehead atoms. The minimum absolute atomic E-state index is 0.0368. The van der Waals surface area contributed by atoms with E-state index in [1.54, 1.807) is 7.11 Å². The minimum atomic E-state index is -1.95. The van der Waals surface area contributed by atoms with E-state index >= 15 is 0 Å². The third-order valence-corrected chi connectivity index (χ3v) is 12.6. The van der Waals surface area contributed by atoms with Crippen molar-refractivity contribution in [3.8, 4) is 5.88 Å². The van der Waals surface area contributed by atoms with Gasteiger partial charge in [0.25, 0.3) is 0 Å². The van der Waals surface area contributed by atoms with Crippen molar-refractivity contribution in [3.05, 3.63) is 12.0 Å². The van der Waals surface area contributed by atoms with E-state index < -0.39 is 14.1 Å². The Morgan fingerprint density at radius 1 is 1.14 bits per heavy atom. The first-order valence-corrected chi connectivity index (χ1v) is 16.0. The van der Waals surface area contributed by atoms with Crippen LogP contribution in [0.5, 0.6) is 5.88 Å². The van der Waals surface area contributed by atoms with Crippen molar-refractivity contribution in [2.45, 2.75) is 108 Å². The molecule has 1 unspecified atom stereocenters. The molecule has 5 rings (SSSR count). The molecule has 0 aromatic carbocycles. The van der Waals surface area contributed by atoms with Crippen LogP contribution in [0.15, 0.2) is 6.33 Å². The summed E-state index contributed by atoms with van der Waals surface area (Å²) in [6.07, 6.45) is 3.99. The Morgan fingerprint density at radius 3 is 2.56 bits per heavy atom. The maximum Gasteiger partial charge on any atom is 0.245 e. The number of nitrogens with one attached hydrogen (secondary N) is 1. The van der Waals surface area contributed by atoms with Crippen LogP contribution in [-0.2, 0) is 18.6 Å². The van der Waals surface area contributed by atoms with Gasteiger partial charge in [-0.1, -0.05) is 20.8 Å². The number of ether oxygens (including phenoxy) is 4. The lowest BCUT2D eigenvalue weighted by Crippen LogP contribution is -2.47. The first kappa shape index (κ1) is 26.0. The Hall–Kier alpha value is -1.63. The molecule has 3 aliphatic rings. The highest BCUT2D eigenvalue weighted by atomic mass is 28.4. The summed E-state index contributed by atoms with van der Waals surface area (Å²) in [6.45, 7) is 16.5. The number of rotatable bonds is 6. The van der Waals surface area contributed by atoms with Gasteiger partial charge >= 0.3 is 0 Å². The minimum Gasteiger partial charge on any atom is -0.479 e. The third kappa shape index (κ3) is 4.58. The van der Waals surface area contributed by atoms with Gasteiger partial charge in [0.05, 0.1) is 31.5 Å². The van der Waals surface area contributed by atoms with Gasteiger partial charge in [0.15, 0.2) is 25.8 Å². The summed E-state index contributed by atoms with van der Waals surface area (Å²) in [5, 5.41) is 8.84. The summed E-state index contributed by atoms with van der Waals surface area (Å²) in [5.41, 5.74) is 2.29. The van der Waals surface area contributed by atoms with E-state index in [2.05, 4.69) is 49.1 Å². The maximum atomic E-state index is 6.64. The second-order valence-corrected chi connectivity index (χ2v) is 16.9. The number of hydrogen-bond donors (Lipinski definition) is 1. The van der Waals surface area contributed by atoms with Crippen LogP contribution < -0.4 is 10.1 Å². The molecule has 11 heteroatoms. The first-order valence-electron chi connectivity index (χ1n) is 13.1. The van der Waals surface area contributed by atoms with Crippen LogP contribution in [0, 0.1) is 0 Å². The highest BCUT2D eigenvalue weighted by Crippen LogP contribution is 2.45. The van der Waals surface area contributed by atoms with Gasteiger partial charge in [-0.15, -0.1) is 0 Å². The van der Waals surface area contributed by atoms with E-state index in [1.165, 1.54) is 6.33 Å². The summed E-state index contributed by atoms with van der Waals surface area (Å²) < 4.78 is 33.3. The molecule has 2 aromatic heterocycles. The Kier molecular flexibility index (Phi) is 6.70. The second-order valence-electron chi connectivity index (χ2n) is 12.1. The van der Waals surface area contributed by atoms with Crippen LogP contribution in [0.1, 0.15) is 71.8 Å². The number of nitrogens with zero attached hydrogens (tertiary/aromatic N) is 4. The molecule has 0 aliphatic carbocycles. The van der Waals surface area contributed by atoms with Crippen LogP contribution in [-0.4, -0.2) is 72.4 Å². The van der Waals surface area contributed by atoms with Gasteiger partial charge in [-0.25, -0.2) is 9.67 Å². The van der Waals surface area contributed by atoms with Crippen LogP contribution in [0.2, 0.25) is 18.1 Å². The zero-order valence-electron chi connectivity index (χ0n) is 22.8. The van der Waals surface area contributed by atoms with Gasteiger partial charge in [0.1, 0.15) is 24.1 Å². The predicted molar refractivity (Wildman–Crippen MR) is 137 cm³/mol. The number of methoxy groups -OCH3 is 1. The molecular weight excluding hydrogens is 478 g/mol. The molecule has 0 radical (unpaired) electrons. The summed E-state index contributed by atoms with van der Waals surface area (Å²) in [5.74, 6) is -0.244. The van der Waals surface area contributed by atoms with E-state index in [0.29, 0.717) is 24.6 Å². The molecule has 10 nitrogen and oxygen atoms in total. The molecule has 200 valence electrons. The SMILES string of the molecule is COc1ncnc2c([C@@H]3N[C@H](CO[Si](C)(C)C(C)(C)C)[C@H]4OC(C)(C)O[C@H]43)n(C3CCCCO3)nc12. The van der Waals surface area contributed by atoms with E-state index in [-0.39, 0.29) is 35.6 Å². The van der Waals surface area contributed by atoms with Crippen molar-refractivity contribution in [1.82, 2.24) is 25.1 Å². The average Bonchev–Trinajstić information content (AvgIpc) is 3.45. The lowest BCUT2D eigenvalue weighted by molar-refractivity contribution is -0.158. The molecule has 3 saturated heterocycles. The lowest BCUT2D eigenvalue weighted by Gasteiger charge is -2.37. The van der Waals surface area contributed by atoms with Crippen molar-refractivity contribution >= 4 is 19.4 Å². The Labute approximate surface area is 214 Å². The highest BCUT2D eigenvalue weighted by Gasteiger charge is 2.56. The quantitative estimate of drug-likeness (QED) is 0.565. The van der Waals surface area contributed by atoms with Crippen LogP contribution in [0.3, 0.4) is 0 Å². The standard InChI is InChI=1S/C25H41N5O5Si/c1-24(2,3)36(7,8)33-13-15-21-22(35-25(4,5)34-21)19(28-15)20-17-18(23(31-6)27-14-26-17)29-30(20)16-11-9-10-12-32-16/h14-16,19,21-22,28H,9-13H2,1-8H3/t15-,16?,19+,21-,22+/m1/s1. The first-order chi connectivity index (χ1) is 16.9. The van der Waals surface area contributed by atoms with Gasteiger partial charge < -0.3 is 23.4 Å². The molecule has 0 saturated carbocycles. The van der Waals surface area contributed by atoms with Crippen molar-refractivity contribution in [2.75, 3.05) is 20.3 Å². The molecule has 3 aliphatic heterocycles. The summed E-state index contributed by atoms with van der Waals surface area (Å²) in [4.78, 5) is 8.95. The van der Waals surface area contributed by atoms with E-state index in [0.717, 1.165) is 30.5 Å². The van der Waals surface area contributed by atoms with E-state index in [1.807, 2.05) is 18.5 Å². The summed E-state index contributed by atoms with van der Waals surface area (Å²) in [7, 11) is -0.342. The Balaban J connectivity index is 1.54. The fourth-order valence-electron chi connectivity index (χ4n) is 5.18. The van der Waals surface area contributed by atoms with Crippen LogP contribution in [0.4, 0.5) is 0 Å². The normalized spacial score (nSPS) is 30.6. The highest BCUT2D eigenvalue weighted by molar-refractivity contribution is 6.74. The van der Waals surface area contributed by atoms with E-state index in [9.17, 15) is 0 Å². The fourth-order valence-corrected chi connectivity index (χ4v) is 6.21. The molecule has 5 heterocycles. The lowest BCUT2D eigenvalue weighted by atomic mass is 10.0. The number of aromatic nitrogens is 4. The largest absolute Gasteiger partial charge is 0.479 e. The second kappa shape index (κ2) is 9.28. The molecular formula is C25H41N5O5Si. The monoisotopic (exact) mass is 519 g/mol. The number of hydrogen-bond acceptors (Lipinski definition) is 9. The maximum absolute atomic E-state index is 6.64. The summed E-state index contributed by atoms with van der Waals surface area (Å²) in [6, 6.07) is -0.245. The molecule has 5 atom stereocenters. The third-order valence-electron chi connectivity index (χ3n) is 8.11. The summed E-state index contributed by atoms with van der Waals surface area (Å²) >= 11 is 0. The average molecular weight is 520 g/mol. The molecule has 36 heavy (non-hydrogen) atoms. The Morgan fingerprint density at radius 2 is 1.89 bits per heavy atom. The molecule has 1 N–H and O–H groups in total. The van der Waals surface area contributed by atoms with Gasteiger partial charge in [-0.2, -0.15) is 10.1 Å². The van der Waals surface area contributed by atoms with Crippen molar-refractivity contribution in [3.63, 3.8) is 0 Å². The van der Waals surface area contributed by atoms with Crippen molar-refractivity contribution in [1.29, 1.82) is 0 Å².